The van der Waals surface area contributed by atoms with E-state index >= 15 is 0 Å². The molecule has 0 amide bonds. The first-order valence-corrected chi connectivity index (χ1v) is 34.9. The fourth-order valence-electron chi connectivity index (χ4n) is 10.2. The van der Waals surface area contributed by atoms with Crippen LogP contribution in [0.4, 0.5) is 0 Å². The van der Waals surface area contributed by atoms with E-state index in [2.05, 4.69) is 93.7 Å². The van der Waals surface area contributed by atoms with Gasteiger partial charge >= 0.3 is 17.9 Å². The van der Waals surface area contributed by atoms with Crippen LogP contribution < -0.4 is 0 Å². The Morgan fingerprint density at radius 3 is 0.762 bits per heavy atom. The van der Waals surface area contributed by atoms with Crippen molar-refractivity contribution in [3.63, 3.8) is 0 Å². The topological polar surface area (TPSA) is 78.9 Å². The van der Waals surface area contributed by atoms with Crippen molar-refractivity contribution in [2.75, 3.05) is 13.2 Å². The van der Waals surface area contributed by atoms with Crippen molar-refractivity contribution in [2.24, 2.45) is 0 Å². The molecular formula is C74H132O6. The SMILES string of the molecule is CC/C=C\C/C=C\C/C=C\CCCCCCCC(=O)OCC(COC(=O)CCCCCCCCCCCCCCCCCC/C=C\C/C=C\C/C=C\CCCCCCC)OC(=O)CCCCCCCCCCCCCCCCCC. The number of allylic oxidation sites excluding steroid dienone is 12. The summed E-state index contributed by atoms with van der Waals surface area (Å²) in [6, 6.07) is 0. The zero-order chi connectivity index (χ0) is 57.8. The third kappa shape index (κ3) is 65.7. The van der Waals surface area contributed by atoms with Gasteiger partial charge < -0.3 is 14.2 Å². The van der Waals surface area contributed by atoms with Gasteiger partial charge in [0.1, 0.15) is 13.2 Å². The molecule has 0 aromatic carbocycles. The number of unbranched alkanes of at least 4 members (excludes halogenated alkanes) is 41. The minimum absolute atomic E-state index is 0.0767. The predicted molar refractivity (Wildman–Crippen MR) is 348 cm³/mol. The highest BCUT2D eigenvalue weighted by molar-refractivity contribution is 5.71. The molecule has 0 aliphatic rings. The molecular weight excluding hydrogens is 985 g/mol. The zero-order valence-electron chi connectivity index (χ0n) is 53.3. The van der Waals surface area contributed by atoms with Gasteiger partial charge in [0.15, 0.2) is 6.10 Å². The largest absolute Gasteiger partial charge is 0.462 e. The minimum atomic E-state index is -0.781. The van der Waals surface area contributed by atoms with E-state index in [4.69, 9.17) is 14.2 Å². The van der Waals surface area contributed by atoms with Gasteiger partial charge in [-0.3, -0.25) is 14.4 Å². The van der Waals surface area contributed by atoms with E-state index in [-0.39, 0.29) is 31.1 Å². The Balaban J connectivity index is 4.20. The maximum absolute atomic E-state index is 12.9. The molecule has 1 unspecified atom stereocenters. The lowest BCUT2D eigenvalue weighted by Crippen LogP contribution is -2.30. The van der Waals surface area contributed by atoms with Crippen LogP contribution in [0.5, 0.6) is 0 Å². The predicted octanol–water partition coefficient (Wildman–Crippen LogP) is 24.1. The van der Waals surface area contributed by atoms with Crippen molar-refractivity contribution >= 4 is 17.9 Å². The first-order chi connectivity index (χ1) is 39.5. The number of rotatable bonds is 64. The van der Waals surface area contributed by atoms with E-state index in [0.29, 0.717) is 19.3 Å². The number of hydrogen-bond acceptors (Lipinski definition) is 6. The van der Waals surface area contributed by atoms with E-state index in [9.17, 15) is 14.4 Å². The van der Waals surface area contributed by atoms with E-state index in [1.807, 2.05) is 0 Å². The van der Waals surface area contributed by atoms with Crippen molar-refractivity contribution in [1.29, 1.82) is 0 Å². The van der Waals surface area contributed by atoms with Crippen LogP contribution in [0.3, 0.4) is 0 Å². The summed E-state index contributed by atoms with van der Waals surface area (Å²) in [4.78, 5) is 38.4. The van der Waals surface area contributed by atoms with Crippen LogP contribution in [-0.2, 0) is 28.6 Å². The van der Waals surface area contributed by atoms with E-state index < -0.39 is 6.10 Å². The normalized spacial score (nSPS) is 12.5. The Bertz CT molecular complexity index is 1470. The second-order valence-corrected chi connectivity index (χ2v) is 23.4. The fourth-order valence-corrected chi connectivity index (χ4v) is 10.2. The Morgan fingerprint density at radius 2 is 0.487 bits per heavy atom. The summed E-state index contributed by atoms with van der Waals surface area (Å²) in [7, 11) is 0. The van der Waals surface area contributed by atoms with Crippen LogP contribution >= 0.6 is 0 Å². The molecule has 80 heavy (non-hydrogen) atoms. The Hall–Kier alpha value is -3.15. The molecule has 0 bridgehead atoms. The number of carbonyl (C=O) groups is 3. The Kier molecular flexibility index (Phi) is 65.7. The molecule has 6 heteroatoms. The first-order valence-electron chi connectivity index (χ1n) is 34.9. The van der Waals surface area contributed by atoms with Crippen molar-refractivity contribution < 1.29 is 28.6 Å². The monoisotopic (exact) mass is 1120 g/mol. The van der Waals surface area contributed by atoms with Crippen LogP contribution in [0.25, 0.3) is 0 Å². The van der Waals surface area contributed by atoms with Crippen LogP contribution in [0, 0.1) is 0 Å². The van der Waals surface area contributed by atoms with Gasteiger partial charge in [-0.1, -0.05) is 325 Å². The molecule has 0 aliphatic heterocycles. The second-order valence-electron chi connectivity index (χ2n) is 23.4. The average Bonchev–Trinajstić information content (AvgIpc) is 3.46. The molecule has 0 aromatic rings. The molecule has 0 saturated carbocycles. The van der Waals surface area contributed by atoms with Crippen molar-refractivity contribution in [2.45, 2.75) is 367 Å². The molecule has 0 aromatic heterocycles. The summed E-state index contributed by atoms with van der Waals surface area (Å²) >= 11 is 0. The van der Waals surface area contributed by atoms with Crippen molar-refractivity contribution in [3.8, 4) is 0 Å². The molecule has 0 fully saturated rings. The van der Waals surface area contributed by atoms with Crippen LogP contribution in [0.1, 0.15) is 361 Å². The van der Waals surface area contributed by atoms with Gasteiger partial charge in [-0.15, -0.1) is 0 Å². The fraction of sp³-hybridized carbons (Fsp3) is 0.797. The summed E-state index contributed by atoms with van der Waals surface area (Å²) in [5, 5.41) is 0. The summed E-state index contributed by atoms with van der Waals surface area (Å²) in [6.07, 6.45) is 89.3. The maximum atomic E-state index is 12.9. The third-order valence-electron chi connectivity index (χ3n) is 15.4. The highest BCUT2D eigenvalue weighted by Gasteiger charge is 2.19. The molecule has 6 nitrogen and oxygen atoms in total. The lowest BCUT2D eigenvalue weighted by atomic mass is 10.0. The van der Waals surface area contributed by atoms with E-state index in [1.165, 1.54) is 212 Å². The van der Waals surface area contributed by atoms with Crippen molar-refractivity contribution in [3.05, 3.63) is 72.9 Å². The second kappa shape index (κ2) is 68.3. The summed E-state index contributed by atoms with van der Waals surface area (Å²) in [6.45, 7) is 6.55. The Morgan fingerprint density at radius 1 is 0.263 bits per heavy atom. The molecule has 0 saturated heterocycles. The number of hydrogen-bond donors (Lipinski definition) is 0. The summed E-state index contributed by atoms with van der Waals surface area (Å²) in [5.74, 6) is -0.873. The Labute approximate surface area is 497 Å². The summed E-state index contributed by atoms with van der Waals surface area (Å²) < 4.78 is 17.0. The van der Waals surface area contributed by atoms with Crippen LogP contribution in [-0.4, -0.2) is 37.2 Å². The van der Waals surface area contributed by atoms with Gasteiger partial charge in [0.2, 0.25) is 0 Å². The molecule has 0 aliphatic carbocycles. The summed E-state index contributed by atoms with van der Waals surface area (Å²) in [5.41, 5.74) is 0. The molecule has 1 atom stereocenters. The molecule has 0 radical (unpaired) electrons. The van der Waals surface area contributed by atoms with E-state index in [0.717, 1.165) is 109 Å². The van der Waals surface area contributed by atoms with Crippen LogP contribution in [0.2, 0.25) is 0 Å². The first kappa shape index (κ1) is 76.9. The van der Waals surface area contributed by atoms with Crippen LogP contribution in [0.15, 0.2) is 72.9 Å². The molecule has 0 N–H and O–H groups in total. The maximum Gasteiger partial charge on any atom is 0.306 e. The molecule has 0 spiro atoms. The van der Waals surface area contributed by atoms with Gasteiger partial charge in [-0.05, 0) is 89.9 Å². The smallest absolute Gasteiger partial charge is 0.306 e. The number of carbonyl (C=O) groups excluding carboxylic acids is 3. The minimum Gasteiger partial charge on any atom is -0.462 e. The number of ether oxygens (including phenoxy) is 3. The van der Waals surface area contributed by atoms with Gasteiger partial charge in [0.25, 0.3) is 0 Å². The standard InChI is InChI=1S/C74H132O6/c1-4-7-10-13-16-19-22-25-28-30-31-32-33-34-35-36-37-38-39-40-41-42-43-44-47-49-52-55-58-61-64-67-73(76)79-70-71(69-78-72(75)66-63-60-57-54-51-48-45-27-24-21-18-15-12-9-6-3)80-74(77)68-65-62-59-56-53-50-46-29-26-23-20-17-14-11-8-5-2/h9,12,18,21-22,25,27,30-31,33-34,45,71H,4-8,10-11,13-17,19-20,23-24,26,28-29,32,35-44,46-70H2,1-3H3/b12-9-,21-18-,25-22-,31-30-,34-33-,45-27-. The van der Waals surface area contributed by atoms with Gasteiger partial charge in [-0.25, -0.2) is 0 Å². The number of esters is 3. The average molecular weight is 1120 g/mol. The quantitative estimate of drug-likeness (QED) is 0.0261. The highest BCUT2D eigenvalue weighted by Crippen LogP contribution is 2.18. The lowest BCUT2D eigenvalue weighted by Gasteiger charge is -2.18. The van der Waals surface area contributed by atoms with Gasteiger partial charge in [-0.2, -0.15) is 0 Å². The molecule has 464 valence electrons. The van der Waals surface area contributed by atoms with Gasteiger partial charge in [0, 0.05) is 19.3 Å². The molecule has 0 heterocycles. The zero-order valence-corrected chi connectivity index (χ0v) is 53.3. The van der Waals surface area contributed by atoms with Gasteiger partial charge in [0.05, 0.1) is 0 Å². The molecule has 0 rings (SSSR count). The van der Waals surface area contributed by atoms with E-state index in [1.54, 1.807) is 0 Å². The highest BCUT2D eigenvalue weighted by atomic mass is 16.6. The van der Waals surface area contributed by atoms with Crippen molar-refractivity contribution in [1.82, 2.24) is 0 Å². The lowest BCUT2D eigenvalue weighted by molar-refractivity contribution is -0.167. The third-order valence-corrected chi connectivity index (χ3v) is 15.4.